The molecule has 0 aromatic heterocycles. The average molecular weight is 350 g/mol. The van der Waals surface area contributed by atoms with Crippen molar-refractivity contribution in [1.82, 2.24) is 0 Å². The van der Waals surface area contributed by atoms with Crippen molar-refractivity contribution >= 4 is 31.8 Å². The molecule has 0 spiro atoms. The zero-order valence-electron chi connectivity index (χ0n) is 11.2. The number of hydrogen-bond donors (Lipinski definition) is 3. The van der Waals surface area contributed by atoms with E-state index in [1.54, 1.807) is 0 Å². The summed E-state index contributed by atoms with van der Waals surface area (Å²) in [5.41, 5.74) is 9.55. The van der Waals surface area contributed by atoms with E-state index in [0.717, 1.165) is 18.2 Å². The topological polar surface area (TPSA) is 175 Å². The second-order valence-electron chi connectivity index (χ2n) is 4.39. The minimum absolute atomic E-state index is 0.218. The summed E-state index contributed by atoms with van der Waals surface area (Å²) in [6, 6.07) is 3.03. The highest BCUT2D eigenvalue weighted by molar-refractivity contribution is 7.91. The third kappa shape index (κ3) is 4.79. The third-order valence-corrected chi connectivity index (χ3v) is 5.30. The fourth-order valence-corrected chi connectivity index (χ4v) is 3.71. The third-order valence-electron chi connectivity index (χ3n) is 2.70. The van der Waals surface area contributed by atoms with Gasteiger partial charge < -0.3 is 11.5 Å². The van der Waals surface area contributed by atoms with Gasteiger partial charge >= 0.3 is 0 Å². The van der Waals surface area contributed by atoms with Gasteiger partial charge in [0.15, 0.2) is 9.84 Å². The van der Waals surface area contributed by atoms with Crippen molar-refractivity contribution in [2.45, 2.75) is 11.3 Å². The minimum Gasteiger partial charge on any atom is -0.366 e. The van der Waals surface area contributed by atoms with Gasteiger partial charge in [-0.2, -0.15) is 8.42 Å². The fourth-order valence-electron chi connectivity index (χ4n) is 1.68. The molecule has 9 nitrogen and oxygen atoms in total. The average Bonchev–Trinajstić information content (AvgIpc) is 2.35. The molecule has 0 fully saturated rings. The highest BCUT2D eigenvalue weighted by Crippen LogP contribution is 2.18. The van der Waals surface area contributed by atoms with Crippen LogP contribution in [0, 0.1) is 0 Å². The number of rotatable bonds is 7. The quantitative estimate of drug-likeness (QED) is 0.525. The molecule has 2 amide bonds. The van der Waals surface area contributed by atoms with Crippen LogP contribution in [0.15, 0.2) is 23.1 Å². The lowest BCUT2D eigenvalue weighted by Crippen LogP contribution is -2.21. The van der Waals surface area contributed by atoms with Gasteiger partial charge in [-0.15, -0.1) is 0 Å². The molecule has 0 aliphatic carbocycles. The van der Waals surface area contributed by atoms with E-state index >= 15 is 0 Å². The summed E-state index contributed by atoms with van der Waals surface area (Å²) in [7, 11) is -8.18. The molecule has 11 heteroatoms. The van der Waals surface area contributed by atoms with Crippen molar-refractivity contribution in [3.8, 4) is 0 Å². The van der Waals surface area contributed by atoms with E-state index in [9.17, 15) is 26.4 Å². The maximum atomic E-state index is 12.0. The van der Waals surface area contributed by atoms with E-state index in [4.69, 9.17) is 16.0 Å². The van der Waals surface area contributed by atoms with Crippen LogP contribution in [0.3, 0.4) is 0 Å². The molecule has 0 heterocycles. The van der Waals surface area contributed by atoms with Crippen molar-refractivity contribution in [2.75, 3.05) is 11.5 Å². The smallest absolute Gasteiger partial charge is 0.264 e. The van der Waals surface area contributed by atoms with Gasteiger partial charge in [0.05, 0.1) is 27.5 Å². The predicted molar refractivity (Wildman–Crippen MR) is 76.6 cm³/mol. The molecule has 0 atom stereocenters. The summed E-state index contributed by atoms with van der Waals surface area (Å²) in [5, 5.41) is 0. The molecule has 5 N–H and O–H groups in total. The van der Waals surface area contributed by atoms with Gasteiger partial charge in [-0.3, -0.25) is 14.1 Å². The summed E-state index contributed by atoms with van der Waals surface area (Å²) >= 11 is 0. The Morgan fingerprint density at radius 1 is 0.955 bits per heavy atom. The van der Waals surface area contributed by atoms with E-state index in [2.05, 4.69) is 0 Å². The number of carbonyl (C=O) groups is 2. The number of sulfone groups is 1. The van der Waals surface area contributed by atoms with Crippen LogP contribution in [-0.4, -0.2) is 44.7 Å². The maximum absolute atomic E-state index is 12.0. The molecule has 0 radical (unpaired) electrons. The van der Waals surface area contributed by atoms with Crippen LogP contribution in [-0.2, 0) is 20.0 Å². The van der Waals surface area contributed by atoms with Crippen LogP contribution < -0.4 is 11.5 Å². The van der Waals surface area contributed by atoms with E-state index in [-0.39, 0.29) is 22.4 Å². The van der Waals surface area contributed by atoms with Crippen LogP contribution in [0.2, 0.25) is 0 Å². The Balaban J connectivity index is 3.13. The molecule has 0 aliphatic rings. The van der Waals surface area contributed by atoms with Crippen molar-refractivity contribution in [2.24, 2.45) is 11.5 Å². The van der Waals surface area contributed by atoms with Gasteiger partial charge in [-0.1, -0.05) is 0 Å². The zero-order valence-corrected chi connectivity index (χ0v) is 12.9. The number of nitrogens with two attached hydrogens (primary N) is 2. The van der Waals surface area contributed by atoms with E-state index in [0.29, 0.717) is 0 Å². The molecule has 1 aromatic rings. The van der Waals surface area contributed by atoms with Crippen molar-refractivity contribution in [3.05, 3.63) is 29.3 Å². The first kappa shape index (κ1) is 18.1. The second-order valence-corrected chi connectivity index (χ2v) is 8.08. The van der Waals surface area contributed by atoms with Gasteiger partial charge in [0.1, 0.15) is 0 Å². The highest BCUT2D eigenvalue weighted by Gasteiger charge is 2.20. The van der Waals surface area contributed by atoms with Crippen molar-refractivity contribution in [1.29, 1.82) is 0 Å². The molecule has 0 aliphatic heterocycles. The Labute approximate surface area is 127 Å². The monoisotopic (exact) mass is 350 g/mol. The van der Waals surface area contributed by atoms with Crippen molar-refractivity contribution in [3.63, 3.8) is 0 Å². The SMILES string of the molecule is NC(=O)c1ccc(S(=O)(=O)CCCS(=O)(=O)O)cc1C(N)=O. The molecule has 22 heavy (non-hydrogen) atoms. The lowest BCUT2D eigenvalue weighted by molar-refractivity contribution is 0.0967. The summed E-state index contributed by atoms with van der Waals surface area (Å²) in [5.74, 6) is -3.25. The fraction of sp³-hybridized carbons (Fsp3) is 0.273. The second kappa shape index (κ2) is 6.42. The van der Waals surface area contributed by atoms with E-state index < -0.39 is 43.3 Å². The molecule has 122 valence electrons. The Bertz CT molecular complexity index is 813. The van der Waals surface area contributed by atoms with Gasteiger partial charge in [0.2, 0.25) is 11.8 Å². The normalized spacial score (nSPS) is 12.0. The van der Waals surface area contributed by atoms with Crippen LogP contribution in [0.25, 0.3) is 0 Å². The molecule has 0 saturated heterocycles. The standard InChI is InChI=1S/C11H14N2O7S2/c12-10(14)8-3-2-7(6-9(8)11(13)15)21(16,17)4-1-5-22(18,19)20/h2-3,6H,1,4-5H2,(H2,12,14)(H2,13,15)(H,18,19,20). The Morgan fingerprint density at radius 2 is 1.50 bits per heavy atom. The molecule has 0 saturated carbocycles. The van der Waals surface area contributed by atoms with Gasteiger partial charge in [0.25, 0.3) is 10.1 Å². The first-order valence-corrected chi connectivity index (χ1v) is 9.12. The van der Waals surface area contributed by atoms with Crippen LogP contribution in [0.4, 0.5) is 0 Å². The molecule has 0 unspecified atom stereocenters. The molecule has 0 bridgehead atoms. The lowest BCUT2D eigenvalue weighted by atomic mass is 10.1. The van der Waals surface area contributed by atoms with Gasteiger partial charge in [-0.05, 0) is 24.6 Å². The Kier molecular flexibility index (Phi) is 5.27. The Morgan fingerprint density at radius 3 is 1.95 bits per heavy atom. The number of amides is 2. The predicted octanol–water partition coefficient (Wildman–Crippen LogP) is -1.06. The van der Waals surface area contributed by atoms with E-state index in [1.807, 2.05) is 0 Å². The molecular formula is C11H14N2O7S2. The van der Waals surface area contributed by atoms with Crippen LogP contribution in [0.1, 0.15) is 27.1 Å². The molecular weight excluding hydrogens is 336 g/mol. The van der Waals surface area contributed by atoms with Crippen LogP contribution in [0.5, 0.6) is 0 Å². The van der Waals surface area contributed by atoms with Crippen LogP contribution >= 0.6 is 0 Å². The molecule has 1 rings (SSSR count). The number of carbonyl (C=O) groups excluding carboxylic acids is 2. The number of hydrogen-bond acceptors (Lipinski definition) is 6. The number of primary amides is 2. The van der Waals surface area contributed by atoms with Gasteiger partial charge in [-0.25, -0.2) is 8.42 Å². The first-order valence-electron chi connectivity index (χ1n) is 5.85. The highest BCUT2D eigenvalue weighted by atomic mass is 32.2. The minimum atomic E-state index is -4.27. The molecule has 1 aromatic carbocycles. The first-order chi connectivity index (χ1) is 9.94. The lowest BCUT2D eigenvalue weighted by Gasteiger charge is -2.08. The van der Waals surface area contributed by atoms with E-state index in [1.165, 1.54) is 0 Å². The number of benzene rings is 1. The zero-order chi connectivity index (χ0) is 17.1. The van der Waals surface area contributed by atoms with Gasteiger partial charge in [0, 0.05) is 0 Å². The Hall–Kier alpha value is -1.98. The summed E-state index contributed by atoms with van der Waals surface area (Å²) in [6.07, 6.45) is -0.329. The largest absolute Gasteiger partial charge is 0.366 e. The van der Waals surface area contributed by atoms with Crippen molar-refractivity contribution < 1.29 is 31.0 Å². The summed E-state index contributed by atoms with van der Waals surface area (Å²) < 4.78 is 53.8. The maximum Gasteiger partial charge on any atom is 0.264 e. The summed E-state index contributed by atoms with van der Waals surface area (Å²) in [4.78, 5) is 22.1. The summed E-state index contributed by atoms with van der Waals surface area (Å²) in [6.45, 7) is 0.